The van der Waals surface area contributed by atoms with Crippen LogP contribution in [0.5, 0.6) is 23.0 Å². The largest absolute Gasteiger partial charge is 0.494 e. The van der Waals surface area contributed by atoms with Crippen molar-refractivity contribution in [2.45, 2.75) is 19.3 Å². The molecule has 0 fully saturated rings. The first-order valence-electron chi connectivity index (χ1n) is 8.91. The molecule has 2 N–H and O–H groups in total. The monoisotopic (exact) mass is 406 g/mol. The zero-order valence-electron chi connectivity index (χ0n) is 16.1. The summed E-state index contributed by atoms with van der Waals surface area (Å²) in [5.74, 6) is 2.73. The van der Waals surface area contributed by atoms with Crippen molar-refractivity contribution in [2.75, 3.05) is 31.7 Å². The number of benzene rings is 2. The molecule has 0 aliphatic rings. The molecule has 0 saturated carbocycles. The van der Waals surface area contributed by atoms with Gasteiger partial charge in [0.1, 0.15) is 11.5 Å². The Kier molecular flexibility index (Phi) is 8.61. The van der Waals surface area contributed by atoms with Gasteiger partial charge in [0.05, 0.1) is 33.1 Å². The number of primary amides is 1. The molecule has 0 spiro atoms. The number of carbonyl (C=O) groups excluding carboxylic acids is 1. The van der Waals surface area contributed by atoms with Crippen molar-refractivity contribution in [1.82, 2.24) is 0 Å². The minimum atomic E-state index is -0.644. The van der Waals surface area contributed by atoms with Gasteiger partial charge in [-0.2, -0.15) is 0 Å². The average molecular weight is 407 g/mol. The molecule has 2 aromatic rings. The topological polar surface area (TPSA) is 83.3 Å². The number of methoxy groups -OCH3 is 2. The Morgan fingerprint density at radius 2 is 1.57 bits per heavy atom. The van der Waals surface area contributed by atoms with Crippen molar-refractivity contribution in [2.24, 2.45) is 5.73 Å². The van der Waals surface area contributed by atoms with Crippen molar-refractivity contribution in [3.05, 3.63) is 42.5 Å². The third kappa shape index (κ3) is 6.45. The van der Waals surface area contributed by atoms with Gasteiger partial charge in [0.2, 0.25) is 0 Å². The van der Waals surface area contributed by atoms with E-state index in [2.05, 4.69) is 12.8 Å². The first-order chi connectivity index (χ1) is 13.5. The van der Waals surface area contributed by atoms with E-state index in [0.717, 1.165) is 29.3 Å². The molecule has 0 aliphatic carbocycles. The third-order valence-corrected chi connectivity index (χ3v) is 4.38. The van der Waals surface area contributed by atoms with Crippen LogP contribution in [-0.2, 0) is 0 Å². The van der Waals surface area contributed by atoms with Gasteiger partial charge in [-0.05, 0) is 43.5 Å². The number of unbranched alkanes of at least 4 members (excludes halogenated alkanes) is 2. The highest BCUT2D eigenvalue weighted by Crippen LogP contribution is 2.31. The van der Waals surface area contributed by atoms with Crippen LogP contribution in [0.4, 0.5) is 10.5 Å². The van der Waals surface area contributed by atoms with Crippen LogP contribution in [0, 0.1) is 0 Å². The van der Waals surface area contributed by atoms with Crippen LogP contribution in [0.3, 0.4) is 0 Å². The molecule has 152 valence electrons. The molecular weight excluding hydrogens is 380 g/mol. The highest BCUT2D eigenvalue weighted by atomic mass is 32.1. The van der Waals surface area contributed by atoms with E-state index >= 15 is 0 Å². The second-order valence-electron chi connectivity index (χ2n) is 5.92. The third-order valence-electron chi connectivity index (χ3n) is 3.95. The molecule has 0 atom stereocenters. The van der Waals surface area contributed by atoms with Crippen molar-refractivity contribution in [3.8, 4) is 23.0 Å². The van der Waals surface area contributed by atoms with Gasteiger partial charge in [0.25, 0.3) is 0 Å². The minimum Gasteiger partial charge on any atom is -0.494 e. The predicted molar refractivity (Wildman–Crippen MR) is 112 cm³/mol. The van der Waals surface area contributed by atoms with Crippen molar-refractivity contribution in [3.63, 3.8) is 0 Å². The standard InChI is InChI=1S/C20H26N2O5S/c1-24-18-10-9-17(14-19(18)25-2)27-12-5-3-4-11-26-16-8-6-7-15(13-16)22(28)20(21)23/h6-10,13-14,28H,3-5,11-12H2,1-2H3,(H2,21,23). The number of nitrogens with two attached hydrogens (primary N) is 1. The second kappa shape index (κ2) is 11.2. The van der Waals surface area contributed by atoms with Crippen LogP contribution >= 0.6 is 12.8 Å². The van der Waals surface area contributed by atoms with E-state index in [1.807, 2.05) is 24.3 Å². The second-order valence-corrected chi connectivity index (χ2v) is 6.32. The first kappa shape index (κ1) is 21.6. The van der Waals surface area contributed by atoms with Crippen LogP contribution in [0.1, 0.15) is 19.3 Å². The Hall–Kier alpha value is -2.74. The van der Waals surface area contributed by atoms with E-state index in [-0.39, 0.29) is 0 Å². The van der Waals surface area contributed by atoms with E-state index in [1.165, 1.54) is 0 Å². The Labute approximate surface area is 170 Å². The van der Waals surface area contributed by atoms with Crippen LogP contribution in [0.2, 0.25) is 0 Å². The summed E-state index contributed by atoms with van der Waals surface area (Å²) in [5.41, 5.74) is 5.77. The van der Waals surface area contributed by atoms with Crippen molar-refractivity contribution >= 4 is 24.5 Å². The zero-order chi connectivity index (χ0) is 20.4. The summed E-state index contributed by atoms with van der Waals surface area (Å²) in [4.78, 5) is 11.1. The van der Waals surface area contributed by atoms with Crippen LogP contribution in [-0.4, -0.2) is 33.5 Å². The van der Waals surface area contributed by atoms with Crippen LogP contribution in [0.25, 0.3) is 0 Å². The van der Waals surface area contributed by atoms with E-state index in [9.17, 15) is 4.79 Å². The lowest BCUT2D eigenvalue weighted by Gasteiger charge is -2.14. The number of rotatable bonds is 11. The molecule has 2 amide bonds. The fraction of sp³-hybridized carbons (Fsp3) is 0.350. The molecule has 0 heterocycles. The van der Waals surface area contributed by atoms with Gasteiger partial charge >= 0.3 is 6.03 Å². The number of amides is 2. The summed E-state index contributed by atoms with van der Waals surface area (Å²) in [6, 6.07) is 11.9. The van der Waals surface area contributed by atoms with Crippen molar-refractivity contribution < 1.29 is 23.7 Å². The molecule has 0 unspecified atom stereocenters. The number of hydrogen-bond donors (Lipinski definition) is 2. The lowest BCUT2D eigenvalue weighted by atomic mass is 10.2. The van der Waals surface area contributed by atoms with Gasteiger partial charge in [0, 0.05) is 12.1 Å². The number of nitrogens with zero attached hydrogens (tertiary/aromatic N) is 1. The molecule has 2 aromatic carbocycles. The Balaban J connectivity index is 1.66. The summed E-state index contributed by atoms with van der Waals surface area (Å²) in [7, 11) is 3.20. The van der Waals surface area contributed by atoms with E-state index in [0.29, 0.717) is 36.1 Å². The summed E-state index contributed by atoms with van der Waals surface area (Å²) < 4.78 is 23.0. The van der Waals surface area contributed by atoms with Gasteiger partial charge in [-0.15, -0.1) is 0 Å². The van der Waals surface area contributed by atoms with Gasteiger partial charge in [0.15, 0.2) is 11.5 Å². The van der Waals surface area contributed by atoms with Crippen LogP contribution < -0.4 is 29.0 Å². The predicted octanol–water partition coefficient (Wildman–Crippen LogP) is 4.06. The van der Waals surface area contributed by atoms with E-state index in [1.54, 1.807) is 32.4 Å². The average Bonchev–Trinajstić information content (AvgIpc) is 2.72. The number of anilines is 1. The quantitative estimate of drug-likeness (QED) is 0.434. The van der Waals surface area contributed by atoms with Gasteiger partial charge in [-0.25, -0.2) is 9.10 Å². The lowest BCUT2D eigenvalue weighted by Crippen LogP contribution is -2.27. The molecule has 2 rings (SSSR count). The summed E-state index contributed by atoms with van der Waals surface area (Å²) in [6.07, 6.45) is 2.76. The highest BCUT2D eigenvalue weighted by Gasteiger charge is 2.08. The van der Waals surface area contributed by atoms with E-state index in [4.69, 9.17) is 24.7 Å². The molecule has 28 heavy (non-hydrogen) atoms. The SMILES string of the molecule is COc1ccc(OCCCCCOc2cccc(N(S)C(N)=O)c2)cc1OC. The molecule has 7 nitrogen and oxygen atoms in total. The highest BCUT2D eigenvalue weighted by molar-refractivity contribution is 7.82. The summed E-state index contributed by atoms with van der Waals surface area (Å²) >= 11 is 4.04. The molecule has 0 aliphatic heterocycles. The van der Waals surface area contributed by atoms with Gasteiger partial charge < -0.3 is 24.7 Å². The first-order valence-corrected chi connectivity index (χ1v) is 9.31. The summed E-state index contributed by atoms with van der Waals surface area (Å²) in [5, 5.41) is 0. The van der Waals surface area contributed by atoms with Gasteiger partial charge in [-0.3, -0.25) is 0 Å². The van der Waals surface area contributed by atoms with Crippen molar-refractivity contribution in [1.29, 1.82) is 0 Å². The number of thiol groups is 1. The minimum absolute atomic E-state index is 0.566. The maximum atomic E-state index is 11.1. The maximum Gasteiger partial charge on any atom is 0.329 e. The fourth-order valence-corrected chi connectivity index (χ4v) is 2.62. The molecule has 0 bridgehead atoms. The zero-order valence-corrected chi connectivity index (χ0v) is 17.0. The Morgan fingerprint density at radius 3 is 2.18 bits per heavy atom. The fourth-order valence-electron chi connectivity index (χ4n) is 2.50. The maximum absolute atomic E-state index is 11.1. The van der Waals surface area contributed by atoms with E-state index < -0.39 is 6.03 Å². The molecular formula is C20H26N2O5S. The number of hydrogen-bond acceptors (Lipinski definition) is 6. The lowest BCUT2D eigenvalue weighted by molar-refractivity contribution is 0.257. The van der Waals surface area contributed by atoms with Crippen LogP contribution in [0.15, 0.2) is 42.5 Å². The molecule has 0 aromatic heterocycles. The molecule has 0 saturated heterocycles. The number of ether oxygens (including phenoxy) is 4. The smallest absolute Gasteiger partial charge is 0.329 e. The normalized spacial score (nSPS) is 10.2. The molecule has 8 heteroatoms. The van der Waals surface area contributed by atoms with Gasteiger partial charge in [-0.1, -0.05) is 18.9 Å². The molecule has 0 radical (unpaired) electrons. The number of carbonyl (C=O) groups is 1. The Bertz CT molecular complexity index is 772. The Morgan fingerprint density at radius 1 is 0.929 bits per heavy atom. The summed E-state index contributed by atoms with van der Waals surface area (Å²) in [6.45, 7) is 1.18. The number of urea groups is 1.